The molecule has 0 unspecified atom stereocenters. The molecule has 1 amide bonds. The van der Waals surface area contributed by atoms with Crippen molar-refractivity contribution in [1.82, 2.24) is 19.5 Å². The fourth-order valence-corrected chi connectivity index (χ4v) is 4.48. The van der Waals surface area contributed by atoms with Gasteiger partial charge in [0.2, 0.25) is 5.88 Å². The molecule has 4 heterocycles. The fourth-order valence-electron chi connectivity index (χ4n) is 4.48. The summed E-state index contributed by atoms with van der Waals surface area (Å²) in [6.07, 6.45) is 3.71. The number of esters is 1. The smallest absolute Gasteiger partial charge is 0.343 e. The van der Waals surface area contributed by atoms with Gasteiger partial charge in [0.1, 0.15) is 22.7 Å². The third kappa shape index (κ3) is 3.05. The number of hydrogen-bond acceptors (Lipinski definition) is 7. The number of rotatable bonds is 3. The molecule has 0 bridgehead atoms. The average molecular weight is 440 g/mol. The summed E-state index contributed by atoms with van der Waals surface area (Å²) in [6.45, 7) is 3.17. The van der Waals surface area contributed by atoms with Crippen molar-refractivity contribution >= 4 is 17.5 Å². The van der Waals surface area contributed by atoms with Crippen LogP contribution in [0.2, 0.25) is 0 Å². The minimum absolute atomic E-state index is 0.0129. The Kier molecular flexibility index (Phi) is 4.72. The van der Waals surface area contributed by atoms with Crippen LogP contribution in [0.3, 0.4) is 0 Å². The molecule has 166 valence electrons. The van der Waals surface area contributed by atoms with E-state index >= 15 is 0 Å². The summed E-state index contributed by atoms with van der Waals surface area (Å²) in [5.74, 6) is -1.01. The lowest BCUT2D eigenvalue weighted by atomic mass is 9.74. The Morgan fingerprint density at radius 3 is 2.78 bits per heavy atom. The van der Waals surface area contributed by atoms with Gasteiger partial charge in [-0.15, -0.1) is 0 Å². The third-order valence-corrected chi connectivity index (χ3v) is 6.25. The molecule has 0 saturated carbocycles. The van der Waals surface area contributed by atoms with Crippen LogP contribution in [-0.2, 0) is 10.2 Å². The Morgan fingerprint density at radius 1 is 1.25 bits per heavy atom. The lowest BCUT2D eigenvalue weighted by Gasteiger charge is -2.38. The number of halogens is 1. The molecule has 2 aromatic heterocycles. The molecule has 1 aromatic carbocycles. The average Bonchev–Trinajstić information content (AvgIpc) is 3.37. The highest BCUT2D eigenvalue weighted by Crippen LogP contribution is 2.45. The number of benzene rings is 1. The van der Waals surface area contributed by atoms with Gasteiger partial charge < -0.3 is 19.5 Å². The Labute approximate surface area is 182 Å². The Morgan fingerprint density at radius 2 is 2.03 bits per heavy atom. The van der Waals surface area contributed by atoms with Crippen molar-refractivity contribution in [3.8, 4) is 11.6 Å². The Bertz CT molecular complexity index is 1230. The van der Waals surface area contributed by atoms with E-state index in [0.29, 0.717) is 38.3 Å². The number of piperidine rings is 1. The van der Waals surface area contributed by atoms with E-state index in [1.54, 1.807) is 17.9 Å². The molecule has 32 heavy (non-hydrogen) atoms. The number of ether oxygens (including phenoxy) is 2. The molecule has 2 aliphatic rings. The van der Waals surface area contributed by atoms with Crippen molar-refractivity contribution in [2.75, 3.05) is 26.3 Å². The van der Waals surface area contributed by atoms with Crippen LogP contribution in [0.4, 0.5) is 4.39 Å². The maximum Gasteiger partial charge on any atom is 0.343 e. The summed E-state index contributed by atoms with van der Waals surface area (Å²) in [4.78, 5) is 30.9. The van der Waals surface area contributed by atoms with E-state index in [0.717, 1.165) is 10.1 Å². The first-order chi connectivity index (χ1) is 15.4. The molecule has 1 fully saturated rings. The Balaban J connectivity index is 1.37. The quantitative estimate of drug-likeness (QED) is 0.623. The largest absolute Gasteiger partial charge is 0.493 e. The number of nitrogens with zero attached hydrogens (tertiary/aromatic N) is 4. The van der Waals surface area contributed by atoms with E-state index < -0.39 is 17.8 Å². The van der Waals surface area contributed by atoms with Crippen LogP contribution in [0.1, 0.15) is 46.0 Å². The molecule has 5 rings (SSSR count). The minimum atomic E-state index is -0.606. The zero-order valence-corrected chi connectivity index (χ0v) is 17.4. The number of fused-ring (bicyclic) bond motifs is 3. The molecule has 10 heteroatoms. The van der Waals surface area contributed by atoms with Crippen LogP contribution in [0.5, 0.6) is 11.6 Å². The van der Waals surface area contributed by atoms with E-state index in [-0.39, 0.29) is 34.6 Å². The van der Waals surface area contributed by atoms with Crippen LogP contribution in [-0.4, -0.2) is 62.8 Å². The molecule has 3 aromatic rings. The SMILES string of the molecule is CCOC(=O)c1cnn2c(O)c(C(=O)N3CCC4(CC3)COc3ccc(F)cc34)cnc12. The third-order valence-electron chi connectivity index (χ3n) is 6.25. The number of hydrogen-bond donors (Lipinski definition) is 1. The lowest BCUT2D eigenvalue weighted by Crippen LogP contribution is -2.46. The topological polar surface area (TPSA) is 106 Å². The highest BCUT2D eigenvalue weighted by Gasteiger charge is 2.44. The van der Waals surface area contributed by atoms with Crippen molar-refractivity contribution in [1.29, 1.82) is 0 Å². The summed E-state index contributed by atoms with van der Waals surface area (Å²) in [5, 5.41) is 14.6. The number of aromatic nitrogens is 3. The molecule has 1 spiro atoms. The number of aromatic hydroxyl groups is 1. The monoisotopic (exact) mass is 440 g/mol. The predicted octanol–water partition coefficient (Wildman–Crippen LogP) is 2.32. The maximum atomic E-state index is 13.8. The van der Waals surface area contributed by atoms with Gasteiger partial charge in [-0.1, -0.05) is 0 Å². The molecular formula is C22H21FN4O5. The van der Waals surface area contributed by atoms with Crippen molar-refractivity contribution in [2.24, 2.45) is 0 Å². The second-order valence-corrected chi connectivity index (χ2v) is 8.01. The zero-order chi connectivity index (χ0) is 22.5. The Hall–Kier alpha value is -3.69. The predicted molar refractivity (Wildman–Crippen MR) is 109 cm³/mol. The number of carbonyl (C=O) groups excluding carboxylic acids is 2. The number of likely N-dealkylation sites (tertiary alicyclic amines) is 1. The highest BCUT2D eigenvalue weighted by molar-refractivity contribution is 5.98. The molecule has 2 aliphatic heterocycles. The van der Waals surface area contributed by atoms with Gasteiger partial charge in [-0.2, -0.15) is 9.61 Å². The van der Waals surface area contributed by atoms with Crippen molar-refractivity contribution in [2.45, 2.75) is 25.2 Å². The molecule has 0 radical (unpaired) electrons. The first kappa shape index (κ1) is 20.2. The zero-order valence-electron chi connectivity index (χ0n) is 17.4. The van der Waals surface area contributed by atoms with Crippen LogP contribution >= 0.6 is 0 Å². The highest BCUT2D eigenvalue weighted by atomic mass is 19.1. The van der Waals surface area contributed by atoms with Gasteiger partial charge in [0.15, 0.2) is 5.65 Å². The van der Waals surface area contributed by atoms with Crippen molar-refractivity contribution in [3.63, 3.8) is 0 Å². The van der Waals surface area contributed by atoms with Gasteiger partial charge in [0.05, 0.1) is 19.4 Å². The molecule has 0 aliphatic carbocycles. The van der Waals surface area contributed by atoms with Gasteiger partial charge in [-0.3, -0.25) is 4.79 Å². The maximum absolute atomic E-state index is 13.8. The molecule has 0 atom stereocenters. The van der Waals surface area contributed by atoms with Crippen LogP contribution in [0.15, 0.2) is 30.6 Å². The summed E-state index contributed by atoms with van der Waals surface area (Å²) >= 11 is 0. The summed E-state index contributed by atoms with van der Waals surface area (Å²) in [5.41, 5.74) is 0.722. The van der Waals surface area contributed by atoms with Crippen LogP contribution in [0.25, 0.3) is 5.65 Å². The van der Waals surface area contributed by atoms with Crippen molar-refractivity contribution < 1.29 is 28.6 Å². The first-order valence-corrected chi connectivity index (χ1v) is 10.4. The van der Waals surface area contributed by atoms with E-state index in [9.17, 15) is 19.1 Å². The second-order valence-electron chi connectivity index (χ2n) is 8.01. The van der Waals surface area contributed by atoms with E-state index in [2.05, 4.69) is 10.1 Å². The minimum Gasteiger partial charge on any atom is -0.493 e. The molecule has 1 saturated heterocycles. The van der Waals surface area contributed by atoms with E-state index in [1.807, 2.05) is 0 Å². The normalized spacial score (nSPS) is 16.8. The molecular weight excluding hydrogens is 419 g/mol. The summed E-state index contributed by atoms with van der Waals surface area (Å²) in [7, 11) is 0. The van der Waals surface area contributed by atoms with Crippen LogP contribution < -0.4 is 4.74 Å². The van der Waals surface area contributed by atoms with E-state index in [4.69, 9.17) is 9.47 Å². The first-order valence-electron chi connectivity index (χ1n) is 10.4. The summed E-state index contributed by atoms with van der Waals surface area (Å²) in [6, 6.07) is 4.54. The van der Waals surface area contributed by atoms with Gasteiger partial charge in [-0.05, 0) is 38.0 Å². The van der Waals surface area contributed by atoms with Gasteiger partial charge in [0.25, 0.3) is 5.91 Å². The standard InChI is InChI=1S/C22H21FN4O5/c1-2-31-21(30)14-11-25-27-18(14)24-10-15(20(27)29)19(28)26-7-5-22(6-8-26)12-32-17-4-3-13(23)9-16(17)22/h3-4,9-11,29H,2,5-8,12H2,1H3. The lowest BCUT2D eigenvalue weighted by molar-refractivity contribution is 0.0528. The van der Waals surface area contributed by atoms with Gasteiger partial charge in [0, 0.05) is 30.3 Å². The van der Waals surface area contributed by atoms with Gasteiger partial charge in [-0.25, -0.2) is 14.2 Å². The number of amides is 1. The van der Waals surface area contributed by atoms with Crippen molar-refractivity contribution in [3.05, 3.63) is 53.1 Å². The fraction of sp³-hybridized carbons (Fsp3) is 0.364. The second kappa shape index (κ2) is 7.47. The summed E-state index contributed by atoms with van der Waals surface area (Å²) < 4.78 is 25.6. The van der Waals surface area contributed by atoms with E-state index in [1.165, 1.54) is 24.5 Å². The molecule has 1 N–H and O–H groups in total. The van der Waals surface area contributed by atoms with Gasteiger partial charge >= 0.3 is 5.97 Å². The number of carbonyl (C=O) groups is 2. The van der Waals surface area contributed by atoms with Crippen LogP contribution in [0, 0.1) is 5.82 Å². The molecule has 9 nitrogen and oxygen atoms in total.